The van der Waals surface area contributed by atoms with Crippen molar-refractivity contribution in [3.63, 3.8) is 0 Å². The van der Waals surface area contributed by atoms with Crippen molar-refractivity contribution in [2.24, 2.45) is 5.73 Å². The lowest BCUT2D eigenvalue weighted by atomic mass is 10.1. The highest BCUT2D eigenvalue weighted by molar-refractivity contribution is 5.80. The van der Waals surface area contributed by atoms with E-state index in [0.717, 1.165) is 32.2 Å². The number of carbonyl (C=O) groups excluding carboxylic acids is 1. The van der Waals surface area contributed by atoms with Gasteiger partial charge in [-0.05, 0) is 25.7 Å². The van der Waals surface area contributed by atoms with Crippen LogP contribution in [0.4, 0.5) is 0 Å². The highest BCUT2D eigenvalue weighted by atomic mass is 16.5. The molecule has 0 bridgehead atoms. The average molecular weight is 271 g/mol. The van der Waals surface area contributed by atoms with Crippen molar-refractivity contribution in [1.29, 1.82) is 0 Å². The Hall–Kier alpha value is -0.650. The van der Waals surface area contributed by atoms with E-state index in [1.165, 1.54) is 0 Å². The number of nitrogens with zero attached hydrogens (tertiary/aromatic N) is 1. The Bertz CT molecular complexity index is 265. The molecule has 0 aromatic heterocycles. The van der Waals surface area contributed by atoms with Crippen LogP contribution in [0.3, 0.4) is 0 Å². The number of nitrogens with two attached hydrogens (primary N) is 1. The lowest BCUT2D eigenvalue weighted by Gasteiger charge is -2.33. The van der Waals surface area contributed by atoms with E-state index in [9.17, 15) is 4.79 Å². The van der Waals surface area contributed by atoms with Crippen LogP contribution in [0.15, 0.2) is 0 Å². The molecule has 1 saturated carbocycles. The summed E-state index contributed by atoms with van der Waals surface area (Å²) in [6, 6.07) is 0.728. The first-order chi connectivity index (χ1) is 9.12. The summed E-state index contributed by atoms with van der Waals surface area (Å²) in [5.74, 6) is -0.250. The second kappa shape index (κ2) is 8.51. The number of ether oxygens (including phenoxy) is 1. The van der Waals surface area contributed by atoms with Crippen molar-refractivity contribution in [3.8, 4) is 0 Å². The van der Waals surface area contributed by atoms with E-state index in [1.54, 1.807) is 7.11 Å². The fourth-order valence-electron chi connectivity index (χ4n) is 2.43. The summed E-state index contributed by atoms with van der Waals surface area (Å²) in [5.41, 5.74) is 5.51. The highest BCUT2D eigenvalue weighted by Gasteiger charge is 2.29. The summed E-state index contributed by atoms with van der Waals surface area (Å²) in [5, 5.41) is 3.34. The van der Waals surface area contributed by atoms with Gasteiger partial charge >= 0.3 is 0 Å². The van der Waals surface area contributed by atoms with Gasteiger partial charge in [0.15, 0.2) is 0 Å². The molecular weight excluding hydrogens is 242 g/mol. The van der Waals surface area contributed by atoms with E-state index in [-0.39, 0.29) is 11.9 Å². The molecule has 5 heteroatoms. The summed E-state index contributed by atoms with van der Waals surface area (Å²) in [4.78, 5) is 13.9. The van der Waals surface area contributed by atoms with Gasteiger partial charge in [-0.15, -0.1) is 0 Å². The Kier molecular flexibility index (Phi) is 7.34. The monoisotopic (exact) mass is 271 g/mol. The van der Waals surface area contributed by atoms with Gasteiger partial charge in [-0.3, -0.25) is 9.69 Å². The van der Waals surface area contributed by atoms with Gasteiger partial charge in [0.05, 0.1) is 12.6 Å². The molecule has 5 nitrogen and oxygen atoms in total. The first-order valence-electron chi connectivity index (χ1n) is 7.40. The van der Waals surface area contributed by atoms with E-state index in [1.807, 2.05) is 0 Å². The van der Waals surface area contributed by atoms with E-state index < -0.39 is 0 Å². The van der Waals surface area contributed by atoms with Gasteiger partial charge in [0.1, 0.15) is 0 Å². The van der Waals surface area contributed by atoms with Crippen molar-refractivity contribution >= 4 is 5.91 Å². The largest absolute Gasteiger partial charge is 0.383 e. The molecule has 1 rings (SSSR count). The van der Waals surface area contributed by atoms with Crippen LogP contribution in [-0.2, 0) is 9.53 Å². The maximum Gasteiger partial charge on any atom is 0.235 e. The third-order valence-corrected chi connectivity index (χ3v) is 3.82. The number of methoxy groups -OCH3 is 1. The van der Waals surface area contributed by atoms with Crippen LogP contribution < -0.4 is 11.1 Å². The lowest BCUT2D eigenvalue weighted by molar-refractivity contribution is -0.120. The Morgan fingerprint density at radius 2 is 2.05 bits per heavy atom. The lowest BCUT2D eigenvalue weighted by Crippen LogP contribution is -2.52. The van der Waals surface area contributed by atoms with Crippen LogP contribution in [0.1, 0.15) is 39.5 Å². The molecule has 3 N–H and O–H groups in total. The molecule has 0 heterocycles. The van der Waals surface area contributed by atoms with Gasteiger partial charge in [0, 0.05) is 32.3 Å². The topological polar surface area (TPSA) is 67.6 Å². The molecule has 1 aliphatic rings. The first-order valence-corrected chi connectivity index (χ1v) is 7.40. The number of primary amides is 1. The molecule has 1 aliphatic carbocycles. The zero-order valence-electron chi connectivity index (χ0n) is 12.5. The summed E-state index contributed by atoms with van der Waals surface area (Å²) in [6.07, 6.45) is 4.48. The summed E-state index contributed by atoms with van der Waals surface area (Å²) >= 11 is 0. The molecule has 0 spiro atoms. The number of amides is 1. The molecule has 0 aliphatic heterocycles. The fourth-order valence-corrected chi connectivity index (χ4v) is 2.43. The highest BCUT2D eigenvalue weighted by Crippen LogP contribution is 2.20. The SMILES string of the molecule is CCC(CC)N(CCOC)CC(NC1CC1)C(N)=O. The molecular formula is C14H29N3O2. The minimum Gasteiger partial charge on any atom is -0.383 e. The molecule has 112 valence electrons. The molecule has 19 heavy (non-hydrogen) atoms. The Morgan fingerprint density at radius 3 is 2.47 bits per heavy atom. The Morgan fingerprint density at radius 1 is 1.42 bits per heavy atom. The van der Waals surface area contributed by atoms with Crippen molar-refractivity contribution in [1.82, 2.24) is 10.2 Å². The normalized spacial score (nSPS) is 17.1. The second-order valence-electron chi connectivity index (χ2n) is 5.35. The zero-order valence-corrected chi connectivity index (χ0v) is 12.5. The third-order valence-electron chi connectivity index (χ3n) is 3.82. The van der Waals surface area contributed by atoms with E-state index >= 15 is 0 Å². The van der Waals surface area contributed by atoms with Crippen molar-refractivity contribution in [3.05, 3.63) is 0 Å². The minimum atomic E-state index is -0.250. The molecule has 1 atom stereocenters. The van der Waals surface area contributed by atoms with Gasteiger partial charge in [0.25, 0.3) is 0 Å². The Balaban J connectivity index is 2.57. The van der Waals surface area contributed by atoms with Gasteiger partial charge in [-0.2, -0.15) is 0 Å². The number of hydrogen-bond donors (Lipinski definition) is 2. The first kappa shape index (κ1) is 16.4. The van der Waals surface area contributed by atoms with Crippen molar-refractivity contribution in [2.45, 2.75) is 57.7 Å². The predicted molar refractivity (Wildman–Crippen MR) is 77.0 cm³/mol. The number of carbonyl (C=O) groups is 1. The van der Waals surface area contributed by atoms with Crippen LogP contribution in [-0.4, -0.2) is 55.7 Å². The van der Waals surface area contributed by atoms with Crippen LogP contribution in [0.25, 0.3) is 0 Å². The van der Waals surface area contributed by atoms with Gasteiger partial charge < -0.3 is 15.8 Å². The van der Waals surface area contributed by atoms with Gasteiger partial charge in [-0.25, -0.2) is 0 Å². The zero-order chi connectivity index (χ0) is 14.3. The minimum absolute atomic E-state index is 0.245. The maximum atomic E-state index is 11.6. The predicted octanol–water partition coefficient (Wildman–Crippen LogP) is 0.729. The van der Waals surface area contributed by atoms with Gasteiger partial charge in [0.2, 0.25) is 5.91 Å². The summed E-state index contributed by atoms with van der Waals surface area (Å²) < 4.78 is 5.17. The van der Waals surface area contributed by atoms with Crippen LogP contribution >= 0.6 is 0 Å². The van der Waals surface area contributed by atoms with E-state index in [2.05, 4.69) is 24.1 Å². The molecule has 0 aromatic rings. The molecule has 0 saturated heterocycles. The summed E-state index contributed by atoms with van der Waals surface area (Å²) in [7, 11) is 1.71. The Labute approximate surface area is 116 Å². The molecule has 1 fully saturated rings. The summed E-state index contributed by atoms with van der Waals surface area (Å²) in [6.45, 7) is 6.58. The van der Waals surface area contributed by atoms with Crippen LogP contribution in [0.5, 0.6) is 0 Å². The number of rotatable bonds is 11. The quantitative estimate of drug-likeness (QED) is 0.581. The van der Waals surface area contributed by atoms with Crippen molar-refractivity contribution in [2.75, 3.05) is 26.8 Å². The fraction of sp³-hybridized carbons (Fsp3) is 0.929. The average Bonchev–Trinajstić information content (AvgIpc) is 3.19. The number of hydrogen-bond acceptors (Lipinski definition) is 4. The standard InChI is InChI=1S/C14H29N3O2/c1-4-12(5-2)17(8-9-19-3)10-13(14(15)18)16-11-6-7-11/h11-13,16H,4-10H2,1-3H3,(H2,15,18). The second-order valence-corrected chi connectivity index (χ2v) is 5.35. The number of nitrogens with one attached hydrogen (secondary N) is 1. The molecule has 1 amide bonds. The smallest absolute Gasteiger partial charge is 0.235 e. The van der Waals surface area contributed by atoms with E-state index in [0.29, 0.717) is 25.2 Å². The van der Waals surface area contributed by atoms with Crippen LogP contribution in [0.2, 0.25) is 0 Å². The molecule has 1 unspecified atom stereocenters. The maximum absolute atomic E-state index is 11.6. The molecule has 0 radical (unpaired) electrons. The van der Waals surface area contributed by atoms with Crippen molar-refractivity contribution < 1.29 is 9.53 Å². The van der Waals surface area contributed by atoms with Crippen LogP contribution in [0, 0.1) is 0 Å². The van der Waals surface area contributed by atoms with Gasteiger partial charge in [-0.1, -0.05) is 13.8 Å². The molecule has 0 aromatic carbocycles. The third kappa shape index (κ3) is 5.89. The van der Waals surface area contributed by atoms with E-state index in [4.69, 9.17) is 10.5 Å².